The van der Waals surface area contributed by atoms with Gasteiger partial charge in [0, 0.05) is 49.1 Å². The van der Waals surface area contributed by atoms with Crippen molar-refractivity contribution in [2.45, 2.75) is 0 Å². The van der Waals surface area contributed by atoms with Crippen LogP contribution < -0.4 is 15.5 Å². The summed E-state index contributed by atoms with van der Waals surface area (Å²) in [7, 11) is 0. The second kappa shape index (κ2) is 5.61. The van der Waals surface area contributed by atoms with E-state index in [-0.39, 0.29) is 5.56 Å². The Labute approximate surface area is 126 Å². The third-order valence-corrected chi connectivity index (χ3v) is 4.43. The zero-order valence-corrected chi connectivity index (χ0v) is 12.2. The van der Waals surface area contributed by atoms with Gasteiger partial charge in [-0.15, -0.1) is 11.3 Å². The van der Waals surface area contributed by atoms with E-state index >= 15 is 0 Å². The van der Waals surface area contributed by atoms with Crippen LogP contribution in [-0.2, 0) is 0 Å². The highest BCUT2D eigenvalue weighted by Crippen LogP contribution is 2.24. The number of anilines is 3. The molecule has 2 aromatic rings. The van der Waals surface area contributed by atoms with Gasteiger partial charge in [-0.2, -0.15) is 0 Å². The van der Waals surface area contributed by atoms with Gasteiger partial charge in [0.05, 0.1) is 5.56 Å². The zero-order chi connectivity index (χ0) is 14.8. The van der Waals surface area contributed by atoms with E-state index in [1.54, 1.807) is 23.5 Å². The number of benzene rings is 1. The zero-order valence-electron chi connectivity index (χ0n) is 11.4. The number of carboxylic acid groups (broad SMARTS) is 1. The molecule has 7 heteroatoms. The maximum atomic E-state index is 11.2. The van der Waals surface area contributed by atoms with Crippen LogP contribution in [0.2, 0.25) is 0 Å². The summed E-state index contributed by atoms with van der Waals surface area (Å²) in [4.78, 5) is 19.9. The molecule has 0 saturated carbocycles. The molecule has 0 bridgehead atoms. The standard InChI is InChI=1S/C14H16N4O2S/c15-12-2-1-10(9-11(12)13(19)20)17-4-6-18(7-5-17)14-16-3-8-21-14/h1-3,8-9H,4-7,15H2,(H,19,20). The van der Waals surface area contributed by atoms with Gasteiger partial charge in [0.25, 0.3) is 0 Å². The fourth-order valence-corrected chi connectivity index (χ4v) is 3.15. The number of carbonyl (C=O) groups is 1. The summed E-state index contributed by atoms with van der Waals surface area (Å²) in [6, 6.07) is 5.18. The molecule has 1 aromatic carbocycles. The Hall–Kier alpha value is -2.28. The number of rotatable bonds is 3. The molecule has 1 saturated heterocycles. The van der Waals surface area contributed by atoms with E-state index in [4.69, 9.17) is 10.8 Å². The van der Waals surface area contributed by atoms with Crippen LogP contribution in [0, 0.1) is 0 Å². The number of nitrogens with zero attached hydrogens (tertiary/aromatic N) is 3. The Bertz CT molecular complexity index is 636. The van der Waals surface area contributed by atoms with E-state index in [1.807, 2.05) is 17.6 Å². The number of nitrogen functional groups attached to an aromatic ring is 1. The Morgan fingerprint density at radius 3 is 2.57 bits per heavy atom. The van der Waals surface area contributed by atoms with Gasteiger partial charge >= 0.3 is 5.97 Å². The number of thiazole rings is 1. The minimum absolute atomic E-state index is 0.162. The Morgan fingerprint density at radius 2 is 1.95 bits per heavy atom. The van der Waals surface area contributed by atoms with Gasteiger partial charge in [0.1, 0.15) is 0 Å². The van der Waals surface area contributed by atoms with Gasteiger partial charge < -0.3 is 20.6 Å². The van der Waals surface area contributed by atoms with Crippen LogP contribution in [0.15, 0.2) is 29.8 Å². The van der Waals surface area contributed by atoms with E-state index in [0.717, 1.165) is 37.0 Å². The minimum Gasteiger partial charge on any atom is -0.478 e. The van der Waals surface area contributed by atoms with E-state index in [2.05, 4.69) is 14.8 Å². The van der Waals surface area contributed by atoms with Crippen molar-refractivity contribution in [1.82, 2.24) is 4.98 Å². The topological polar surface area (TPSA) is 82.7 Å². The smallest absolute Gasteiger partial charge is 0.337 e. The lowest BCUT2D eigenvalue weighted by molar-refractivity contribution is 0.0698. The first kappa shape index (κ1) is 13.7. The van der Waals surface area contributed by atoms with E-state index in [1.165, 1.54) is 0 Å². The Morgan fingerprint density at radius 1 is 1.24 bits per heavy atom. The molecule has 6 nitrogen and oxygen atoms in total. The molecular weight excluding hydrogens is 288 g/mol. The molecule has 21 heavy (non-hydrogen) atoms. The lowest BCUT2D eigenvalue weighted by Crippen LogP contribution is -2.46. The highest BCUT2D eigenvalue weighted by atomic mass is 32.1. The monoisotopic (exact) mass is 304 g/mol. The number of nitrogens with two attached hydrogens (primary N) is 1. The molecule has 3 N–H and O–H groups in total. The molecule has 1 aliphatic rings. The molecular formula is C14H16N4O2S. The molecule has 2 heterocycles. The minimum atomic E-state index is -0.990. The van der Waals surface area contributed by atoms with Gasteiger partial charge in [-0.1, -0.05) is 0 Å². The van der Waals surface area contributed by atoms with Crippen LogP contribution in [0.3, 0.4) is 0 Å². The SMILES string of the molecule is Nc1ccc(N2CCN(c3nccs3)CC2)cc1C(=O)O. The van der Waals surface area contributed by atoms with Crippen LogP contribution in [0.5, 0.6) is 0 Å². The fraction of sp³-hybridized carbons (Fsp3) is 0.286. The molecule has 0 atom stereocenters. The Kier molecular flexibility index (Phi) is 3.66. The predicted octanol–water partition coefficient (Wildman–Crippen LogP) is 1.75. The number of hydrogen-bond donors (Lipinski definition) is 2. The molecule has 110 valence electrons. The average Bonchev–Trinajstić information content (AvgIpc) is 3.02. The third kappa shape index (κ3) is 2.78. The molecule has 0 aliphatic carbocycles. The second-order valence-corrected chi connectivity index (χ2v) is 5.74. The summed E-state index contributed by atoms with van der Waals surface area (Å²) in [6.45, 7) is 3.42. The van der Waals surface area contributed by atoms with Gasteiger partial charge in [0.2, 0.25) is 0 Å². The van der Waals surface area contributed by atoms with Crippen molar-refractivity contribution in [3.05, 3.63) is 35.3 Å². The number of piperazine rings is 1. The van der Waals surface area contributed by atoms with Crippen molar-refractivity contribution in [3.8, 4) is 0 Å². The van der Waals surface area contributed by atoms with Crippen molar-refractivity contribution in [2.24, 2.45) is 0 Å². The van der Waals surface area contributed by atoms with Crippen molar-refractivity contribution >= 4 is 33.8 Å². The molecule has 3 rings (SSSR count). The fourth-order valence-electron chi connectivity index (χ4n) is 2.45. The van der Waals surface area contributed by atoms with Gasteiger partial charge in [-0.25, -0.2) is 9.78 Å². The first-order chi connectivity index (χ1) is 10.1. The number of hydrogen-bond acceptors (Lipinski definition) is 6. The van der Waals surface area contributed by atoms with Gasteiger partial charge in [0.15, 0.2) is 5.13 Å². The highest BCUT2D eigenvalue weighted by Gasteiger charge is 2.20. The summed E-state index contributed by atoms with van der Waals surface area (Å²) in [6.07, 6.45) is 1.81. The van der Waals surface area contributed by atoms with Crippen molar-refractivity contribution in [3.63, 3.8) is 0 Å². The molecule has 1 aromatic heterocycles. The first-order valence-electron chi connectivity index (χ1n) is 6.67. The first-order valence-corrected chi connectivity index (χ1v) is 7.55. The quantitative estimate of drug-likeness (QED) is 0.841. The van der Waals surface area contributed by atoms with Crippen LogP contribution >= 0.6 is 11.3 Å². The van der Waals surface area contributed by atoms with Gasteiger partial charge in [-0.05, 0) is 18.2 Å². The third-order valence-electron chi connectivity index (χ3n) is 3.60. The van der Waals surface area contributed by atoms with Crippen LogP contribution in [0.1, 0.15) is 10.4 Å². The largest absolute Gasteiger partial charge is 0.478 e. The summed E-state index contributed by atoms with van der Waals surface area (Å²) >= 11 is 1.64. The van der Waals surface area contributed by atoms with Gasteiger partial charge in [-0.3, -0.25) is 0 Å². The maximum absolute atomic E-state index is 11.2. The van der Waals surface area contributed by atoms with E-state index in [0.29, 0.717) is 5.69 Å². The molecule has 1 fully saturated rings. The molecule has 0 spiro atoms. The van der Waals surface area contributed by atoms with Crippen molar-refractivity contribution in [1.29, 1.82) is 0 Å². The van der Waals surface area contributed by atoms with Crippen LogP contribution in [0.25, 0.3) is 0 Å². The number of aromatic nitrogens is 1. The van der Waals surface area contributed by atoms with Crippen molar-refractivity contribution in [2.75, 3.05) is 41.7 Å². The predicted molar refractivity (Wildman–Crippen MR) is 84.4 cm³/mol. The van der Waals surface area contributed by atoms with Crippen LogP contribution in [-0.4, -0.2) is 42.2 Å². The molecule has 0 radical (unpaired) electrons. The maximum Gasteiger partial charge on any atom is 0.337 e. The molecule has 0 unspecified atom stereocenters. The number of aromatic carboxylic acids is 1. The summed E-state index contributed by atoms with van der Waals surface area (Å²) in [5.41, 5.74) is 7.06. The normalized spacial score (nSPS) is 15.2. The van der Waals surface area contributed by atoms with E-state index < -0.39 is 5.97 Å². The lowest BCUT2D eigenvalue weighted by Gasteiger charge is -2.36. The van der Waals surface area contributed by atoms with E-state index in [9.17, 15) is 4.79 Å². The molecule has 1 aliphatic heterocycles. The Balaban J connectivity index is 1.72. The molecule has 0 amide bonds. The summed E-state index contributed by atoms with van der Waals surface area (Å²) in [5, 5.41) is 12.2. The number of carboxylic acids is 1. The highest BCUT2D eigenvalue weighted by molar-refractivity contribution is 7.13. The average molecular weight is 304 g/mol. The summed E-state index contributed by atoms with van der Waals surface area (Å²) < 4.78 is 0. The second-order valence-electron chi connectivity index (χ2n) is 4.87. The lowest BCUT2D eigenvalue weighted by atomic mass is 10.1. The van der Waals surface area contributed by atoms with Crippen LogP contribution in [0.4, 0.5) is 16.5 Å². The summed E-state index contributed by atoms with van der Waals surface area (Å²) in [5.74, 6) is -0.990. The van der Waals surface area contributed by atoms with Crippen molar-refractivity contribution < 1.29 is 9.90 Å².